The number of hydrogen-bond acceptors (Lipinski definition) is 3. The van der Waals surface area contributed by atoms with E-state index in [1.807, 2.05) is 30.3 Å². The van der Waals surface area contributed by atoms with Crippen LogP contribution in [0.3, 0.4) is 0 Å². The lowest BCUT2D eigenvalue weighted by Crippen LogP contribution is -2.14. The van der Waals surface area contributed by atoms with Gasteiger partial charge in [-0.2, -0.15) is 0 Å². The van der Waals surface area contributed by atoms with Gasteiger partial charge in [0.1, 0.15) is 5.76 Å². The van der Waals surface area contributed by atoms with Crippen molar-refractivity contribution in [2.45, 2.75) is 12.5 Å². The second-order valence-corrected chi connectivity index (χ2v) is 3.18. The molecular weight excluding hydrogens is 180 g/mol. The summed E-state index contributed by atoms with van der Waals surface area (Å²) in [6, 6.07) is 9.60. The van der Waals surface area contributed by atoms with Gasteiger partial charge < -0.3 is 9.84 Å². The minimum Gasteiger partial charge on any atom is -0.508 e. The van der Waals surface area contributed by atoms with E-state index in [0.29, 0.717) is 6.42 Å². The summed E-state index contributed by atoms with van der Waals surface area (Å²) in [4.78, 5) is 10.8. The Morgan fingerprint density at radius 2 is 2.00 bits per heavy atom. The van der Waals surface area contributed by atoms with Gasteiger partial charge in [-0.05, 0) is 5.56 Å². The Labute approximate surface area is 81.6 Å². The molecule has 0 saturated heterocycles. The fraction of sp³-hybridized carbons (Fsp3) is 0.182. The number of benzene rings is 1. The van der Waals surface area contributed by atoms with Crippen LogP contribution in [0.5, 0.6) is 0 Å². The maximum absolute atomic E-state index is 10.8. The Balaban J connectivity index is 2.07. The van der Waals surface area contributed by atoms with Crippen LogP contribution in [0, 0.1) is 0 Å². The molecule has 1 aliphatic heterocycles. The summed E-state index contributed by atoms with van der Waals surface area (Å²) in [7, 11) is 0. The molecule has 1 unspecified atom stereocenters. The fourth-order valence-electron chi connectivity index (χ4n) is 1.42. The average Bonchev–Trinajstić information content (AvgIpc) is 2.47. The molecule has 0 aliphatic carbocycles. The molecule has 72 valence electrons. The normalized spacial score (nSPS) is 20.4. The Bertz CT molecular complexity index is 367. The highest BCUT2D eigenvalue weighted by atomic mass is 16.6. The standard InChI is InChI=1S/C11H10O3/c12-9-7-11(13)14-10(9)6-8-4-2-1-3-5-8/h1-5,7,10,12H,6H2. The van der Waals surface area contributed by atoms with Gasteiger partial charge in [0, 0.05) is 6.42 Å². The summed E-state index contributed by atoms with van der Waals surface area (Å²) in [6.45, 7) is 0. The lowest BCUT2D eigenvalue weighted by Gasteiger charge is -2.09. The summed E-state index contributed by atoms with van der Waals surface area (Å²) in [6.07, 6.45) is 1.13. The van der Waals surface area contributed by atoms with Crippen LogP contribution in [0.25, 0.3) is 0 Å². The van der Waals surface area contributed by atoms with Crippen LogP contribution < -0.4 is 0 Å². The molecule has 1 aliphatic rings. The maximum atomic E-state index is 10.8. The van der Waals surface area contributed by atoms with E-state index < -0.39 is 12.1 Å². The average molecular weight is 190 g/mol. The van der Waals surface area contributed by atoms with E-state index in [1.54, 1.807) is 0 Å². The van der Waals surface area contributed by atoms with Crippen LogP contribution in [0.1, 0.15) is 5.56 Å². The van der Waals surface area contributed by atoms with Crippen molar-refractivity contribution in [2.24, 2.45) is 0 Å². The van der Waals surface area contributed by atoms with Gasteiger partial charge in [0.05, 0.1) is 6.08 Å². The minimum absolute atomic E-state index is 0.0128. The van der Waals surface area contributed by atoms with Gasteiger partial charge in [0.15, 0.2) is 6.10 Å². The number of cyclic esters (lactones) is 1. The lowest BCUT2D eigenvalue weighted by atomic mass is 10.1. The van der Waals surface area contributed by atoms with Crippen LogP contribution in [0.4, 0.5) is 0 Å². The van der Waals surface area contributed by atoms with Gasteiger partial charge in [-0.3, -0.25) is 0 Å². The van der Waals surface area contributed by atoms with Crippen molar-refractivity contribution in [1.82, 2.24) is 0 Å². The van der Waals surface area contributed by atoms with E-state index in [4.69, 9.17) is 4.74 Å². The van der Waals surface area contributed by atoms with Crippen molar-refractivity contribution >= 4 is 5.97 Å². The van der Waals surface area contributed by atoms with Gasteiger partial charge >= 0.3 is 5.97 Å². The fourth-order valence-corrected chi connectivity index (χ4v) is 1.42. The first-order chi connectivity index (χ1) is 6.75. The van der Waals surface area contributed by atoms with Crippen molar-refractivity contribution < 1.29 is 14.6 Å². The molecule has 0 radical (unpaired) electrons. The monoisotopic (exact) mass is 190 g/mol. The van der Waals surface area contributed by atoms with Crippen LogP contribution in [0.2, 0.25) is 0 Å². The number of aliphatic hydroxyl groups is 1. The summed E-state index contributed by atoms with van der Waals surface area (Å²) >= 11 is 0. The maximum Gasteiger partial charge on any atom is 0.335 e. The van der Waals surface area contributed by atoms with Crippen molar-refractivity contribution in [3.63, 3.8) is 0 Å². The Hall–Kier alpha value is -1.77. The molecule has 0 aromatic heterocycles. The molecule has 0 bridgehead atoms. The zero-order valence-corrected chi connectivity index (χ0v) is 7.51. The SMILES string of the molecule is O=C1C=C(O)C(Cc2ccccc2)O1. The van der Waals surface area contributed by atoms with Gasteiger partial charge in [-0.1, -0.05) is 30.3 Å². The Kier molecular flexibility index (Phi) is 2.23. The van der Waals surface area contributed by atoms with Crippen molar-refractivity contribution in [3.05, 3.63) is 47.7 Å². The van der Waals surface area contributed by atoms with Crippen LogP contribution in [-0.2, 0) is 16.0 Å². The molecule has 14 heavy (non-hydrogen) atoms. The molecular formula is C11H10O3. The first kappa shape index (κ1) is 8.81. The largest absolute Gasteiger partial charge is 0.508 e. The Morgan fingerprint density at radius 3 is 2.57 bits per heavy atom. The summed E-state index contributed by atoms with van der Waals surface area (Å²) in [5.74, 6) is -0.456. The summed E-state index contributed by atoms with van der Waals surface area (Å²) < 4.78 is 4.90. The van der Waals surface area contributed by atoms with E-state index >= 15 is 0 Å². The Morgan fingerprint density at radius 1 is 1.29 bits per heavy atom. The predicted octanol–water partition coefficient (Wildman–Crippen LogP) is 1.60. The second-order valence-electron chi connectivity index (χ2n) is 3.18. The van der Waals surface area contributed by atoms with E-state index in [0.717, 1.165) is 11.6 Å². The number of ether oxygens (including phenoxy) is 1. The van der Waals surface area contributed by atoms with Gasteiger partial charge in [-0.25, -0.2) is 4.79 Å². The molecule has 3 nitrogen and oxygen atoms in total. The number of aliphatic hydroxyl groups excluding tert-OH is 1. The van der Waals surface area contributed by atoms with Crippen LogP contribution >= 0.6 is 0 Å². The molecule has 1 aromatic carbocycles. The third-order valence-electron chi connectivity index (χ3n) is 2.12. The molecule has 2 rings (SSSR count). The second kappa shape index (κ2) is 3.54. The molecule has 1 aromatic rings. The molecule has 1 heterocycles. The van der Waals surface area contributed by atoms with Gasteiger partial charge in [-0.15, -0.1) is 0 Å². The first-order valence-electron chi connectivity index (χ1n) is 4.41. The third kappa shape index (κ3) is 1.76. The number of carbonyl (C=O) groups is 1. The van der Waals surface area contributed by atoms with E-state index in [-0.39, 0.29) is 5.76 Å². The van der Waals surface area contributed by atoms with Crippen molar-refractivity contribution in [3.8, 4) is 0 Å². The molecule has 0 saturated carbocycles. The summed E-state index contributed by atoms with van der Waals surface area (Å²) in [5, 5.41) is 9.34. The smallest absolute Gasteiger partial charge is 0.335 e. The highest BCUT2D eigenvalue weighted by molar-refractivity contribution is 5.85. The van der Waals surface area contributed by atoms with E-state index in [1.165, 1.54) is 0 Å². The number of rotatable bonds is 2. The first-order valence-corrected chi connectivity index (χ1v) is 4.41. The van der Waals surface area contributed by atoms with E-state index in [9.17, 15) is 9.90 Å². The highest BCUT2D eigenvalue weighted by Crippen LogP contribution is 2.17. The molecule has 0 spiro atoms. The summed E-state index contributed by atoms with van der Waals surface area (Å²) in [5.41, 5.74) is 1.03. The lowest BCUT2D eigenvalue weighted by molar-refractivity contribution is -0.139. The molecule has 0 amide bonds. The van der Waals surface area contributed by atoms with Crippen molar-refractivity contribution in [1.29, 1.82) is 0 Å². The number of hydrogen-bond donors (Lipinski definition) is 1. The molecule has 3 heteroatoms. The minimum atomic E-state index is -0.509. The van der Waals surface area contributed by atoms with Gasteiger partial charge in [0.25, 0.3) is 0 Å². The quantitative estimate of drug-likeness (QED) is 0.720. The molecule has 1 N–H and O–H groups in total. The number of carbonyl (C=O) groups excluding carboxylic acids is 1. The van der Waals surface area contributed by atoms with E-state index in [2.05, 4.69) is 0 Å². The number of esters is 1. The third-order valence-corrected chi connectivity index (χ3v) is 2.12. The molecule has 0 fully saturated rings. The van der Waals surface area contributed by atoms with Gasteiger partial charge in [0.2, 0.25) is 0 Å². The predicted molar refractivity (Wildman–Crippen MR) is 50.7 cm³/mol. The topological polar surface area (TPSA) is 46.5 Å². The van der Waals surface area contributed by atoms with Crippen LogP contribution in [0.15, 0.2) is 42.2 Å². The zero-order chi connectivity index (χ0) is 9.97. The van der Waals surface area contributed by atoms with Crippen LogP contribution in [-0.4, -0.2) is 17.2 Å². The zero-order valence-electron chi connectivity index (χ0n) is 7.51. The highest BCUT2D eigenvalue weighted by Gasteiger charge is 2.25. The molecule has 1 atom stereocenters. The van der Waals surface area contributed by atoms with Crippen molar-refractivity contribution in [2.75, 3.05) is 0 Å².